The molecular weight excluding hydrogens is 279 g/mol. The highest BCUT2D eigenvalue weighted by Crippen LogP contribution is 2.38. The highest BCUT2D eigenvalue weighted by molar-refractivity contribution is 9.10. The van der Waals surface area contributed by atoms with Gasteiger partial charge >= 0.3 is 0 Å². The summed E-state index contributed by atoms with van der Waals surface area (Å²) >= 11 is 3.39. The zero-order chi connectivity index (χ0) is 10.2. The van der Waals surface area contributed by atoms with E-state index in [0.717, 1.165) is 10.2 Å². The summed E-state index contributed by atoms with van der Waals surface area (Å²) in [5.41, 5.74) is 0.142. The van der Waals surface area contributed by atoms with Crippen LogP contribution in [0.3, 0.4) is 0 Å². The van der Waals surface area contributed by atoms with Crippen molar-refractivity contribution in [1.82, 2.24) is 0 Å². The molecule has 1 N–H and O–H groups in total. The third-order valence-electron chi connectivity index (χ3n) is 2.15. The van der Waals surface area contributed by atoms with Crippen molar-refractivity contribution in [3.8, 4) is 11.8 Å². The lowest BCUT2D eigenvalue weighted by atomic mass is 10.1. The van der Waals surface area contributed by atoms with Crippen LogP contribution < -0.4 is 10.1 Å². The minimum atomic E-state index is -0.781. The van der Waals surface area contributed by atoms with Crippen molar-refractivity contribution in [2.75, 3.05) is 11.9 Å². The van der Waals surface area contributed by atoms with Gasteiger partial charge in [0, 0.05) is 0 Å². The van der Waals surface area contributed by atoms with Gasteiger partial charge in [0.15, 0.2) is 5.75 Å². The molecule has 1 aliphatic heterocycles. The zero-order valence-electron chi connectivity index (χ0n) is 8.08. The van der Waals surface area contributed by atoms with Gasteiger partial charge in [0.25, 0.3) is 0 Å². The lowest BCUT2D eigenvalue weighted by molar-refractivity contribution is 0.153. The van der Waals surface area contributed by atoms with Crippen LogP contribution in [0, 0.1) is 11.3 Å². The van der Waals surface area contributed by atoms with Gasteiger partial charge in [-0.15, -0.1) is 12.4 Å². The molecule has 0 bridgehead atoms. The molecule has 0 radical (unpaired) electrons. The van der Waals surface area contributed by atoms with Crippen LogP contribution in [0.5, 0.6) is 5.75 Å². The predicted octanol–water partition coefficient (Wildman–Crippen LogP) is 2.96. The maximum Gasteiger partial charge on any atom is 0.208 e. The molecule has 15 heavy (non-hydrogen) atoms. The van der Waals surface area contributed by atoms with Gasteiger partial charge in [-0.3, -0.25) is 0 Å². The summed E-state index contributed by atoms with van der Waals surface area (Å²) in [6.45, 7) is 2.27. The van der Waals surface area contributed by atoms with Crippen LogP contribution in [0.15, 0.2) is 22.7 Å². The Morgan fingerprint density at radius 3 is 3.00 bits per heavy atom. The van der Waals surface area contributed by atoms with Gasteiger partial charge in [-0.05, 0) is 35.0 Å². The smallest absolute Gasteiger partial charge is 0.208 e. The standard InChI is InChI=1S/C10H9BrN2O.ClH/c1-10(5-12)6-13-8-4-2-3-7(11)9(8)14-10;/h2-4,13H,6H2,1H3;1H. The van der Waals surface area contributed by atoms with Crippen LogP contribution in [-0.4, -0.2) is 12.1 Å². The van der Waals surface area contributed by atoms with E-state index < -0.39 is 5.60 Å². The molecule has 0 amide bonds. The summed E-state index contributed by atoms with van der Waals surface area (Å²) in [6.07, 6.45) is 0. The van der Waals surface area contributed by atoms with E-state index in [9.17, 15) is 0 Å². The second kappa shape index (κ2) is 4.30. The van der Waals surface area contributed by atoms with Crippen molar-refractivity contribution >= 4 is 34.0 Å². The number of para-hydroxylation sites is 1. The quantitative estimate of drug-likeness (QED) is 0.798. The molecule has 1 heterocycles. The number of ether oxygens (including phenoxy) is 1. The number of benzene rings is 1. The van der Waals surface area contributed by atoms with E-state index in [-0.39, 0.29) is 12.4 Å². The Morgan fingerprint density at radius 1 is 1.60 bits per heavy atom. The molecule has 0 aromatic heterocycles. The molecule has 0 saturated heterocycles. The number of hydrogen-bond donors (Lipinski definition) is 1. The fourth-order valence-corrected chi connectivity index (χ4v) is 1.79. The van der Waals surface area contributed by atoms with Gasteiger partial charge in [-0.2, -0.15) is 5.26 Å². The van der Waals surface area contributed by atoms with Crippen LogP contribution >= 0.6 is 28.3 Å². The van der Waals surface area contributed by atoms with E-state index in [4.69, 9.17) is 10.00 Å². The lowest BCUT2D eigenvalue weighted by Crippen LogP contribution is -2.41. The topological polar surface area (TPSA) is 45.0 Å². The number of anilines is 1. The summed E-state index contributed by atoms with van der Waals surface area (Å²) < 4.78 is 6.49. The molecule has 0 aliphatic carbocycles. The van der Waals surface area contributed by atoms with E-state index in [1.165, 1.54) is 0 Å². The highest BCUT2D eigenvalue weighted by atomic mass is 79.9. The molecule has 3 nitrogen and oxygen atoms in total. The van der Waals surface area contributed by atoms with Crippen LogP contribution in [0.4, 0.5) is 5.69 Å². The third-order valence-corrected chi connectivity index (χ3v) is 2.77. The Labute approximate surface area is 103 Å². The van der Waals surface area contributed by atoms with Crippen molar-refractivity contribution < 1.29 is 4.74 Å². The first-order chi connectivity index (χ1) is 6.64. The van der Waals surface area contributed by atoms with Crippen molar-refractivity contribution in [2.24, 2.45) is 0 Å². The average Bonchev–Trinajstić information content (AvgIpc) is 2.20. The lowest BCUT2D eigenvalue weighted by Gasteiger charge is -2.31. The summed E-state index contributed by atoms with van der Waals surface area (Å²) in [7, 11) is 0. The molecule has 1 aromatic rings. The Balaban J connectivity index is 0.00000112. The largest absolute Gasteiger partial charge is 0.467 e. The van der Waals surface area contributed by atoms with Crippen molar-refractivity contribution in [1.29, 1.82) is 5.26 Å². The normalized spacial score (nSPS) is 22.5. The van der Waals surface area contributed by atoms with Crippen LogP contribution in [0.25, 0.3) is 0 Å². The number of halogens is 2. The second-order valence-corrected chi connectivity index (χ2v) is 4.27. The molecule has 0 spiro atoms. The van der Waals surface area contributed by atoms with Gasteiger partial charge in [-0.25, -0.2) is 0 Å². The summed E-state index contributed by atoms with van der Waals surface area (Å²) in [5, 5.41) is 12.1. The van der Waals surface area contributed by atoms with Crippen molar-refractivity contribution in [3.63, 3.8) is 0 Å². The Kier molecular flexibility index (Phi) is 3.48. The first kappa shape index (κ1) is 12.2. The number of nitrogens with one attached hydrogen (secondary N) is 1. The molecule has 80 valence electrons. The van der Waals surface area contributed by atoms with Crippen molar-refractivity contribution in [3.05, 3.63) is 22.7 Å². The first-order valence-electron chi connectivity index (χ1n) is 4.27. The average molecular weight is 290 g/mol. The van der Waals surface area contributed by atoms with Gasteiger partial charge in [0.05, 0.1) is 16.7 Å². The Hall–Kier alpha value is -0.920. The molecular formula is C10H10BrClN2O. The number of nitrogens with zero attached hydrogens (tertiary/aromatic N) is 1. The number of hydrogen-bond acceptors (Lipinski definition) is 3. The van der Waals surface area contributed by atoms with E-state index >= 15 is 0 Å². The Morgan fingerprint density at radius 2 is 2.33 bits per heavy atom. The van der Waals surface area contributed by atoms with Crippen LogP contribution in [0.2, 0.25) is 0 Å². The molecule has 1 unspecified atom stereocenters. The van der Waals surface area contributed by atoms with E-state index in [0.29, 0.717) is 12.3 Å². The predicted molar refractivity (Wildman–Crippen MR) is 64.5 cm³/mol. The summed E-state index contributed by atoms with van der Waals surface area (Å²) in [4.78, 5) is 0. The van der Waals surface area contributed by atoms with Gasteiger partial charge in [0.1, 0.15) is 6.07 Å². The fourth-order valence-electron chi connectivity index (χ4n) is 1.34. The van der Waals surface area contributed by atoms with E-state index in [2.05, 4.69) is 27.3 Å². The maximum absolute atomic E-state index is 8.94. The highest BCUT2D eigenvalue weighted by Gasteiger charge is 2.32. The molecule has 1 aliphatic rings. The van der Waals surface area contributed by atoms with Crippen LogP contribution in [-0.2, 0) is 0 Å². The maximum atomic E-state index is 8.94. The Bertz CT molecular complexity index is 418. The van der Waals surface area contributed by atoms with Crippen molar-refractivity contribution in [2.45, 2.75) is 12.5 Å². The zero-order valence-corrected chi connectivity index (χ0v) is 10.5. The van der Waals surface area contributed by atoms with Gasteiger partial charge in [-0.1, -0.05) is 6.07 Å². The second-order valence-electron chi connectivity index (χ2n) is 3.41. The van der Waals surface area contributed by atoms with Crippen LogP contribution in [0.1, 0.15) is 6.92 Å². The number of rotatable bonds is 0. The number of nitriles is 1. The molecule has 0 fully saturated rings. The number of fused-ring (bicyclic) bond motifs is 1. The third kappa shape index (κ3) is 2.19. The summed E-state index contributed by atoms with van der Waals surface area (Å²) in [5.74, 6) is 0.711. The first-order valence-corrected chi connectivity index (χ1v) is 5.06. The van der Waals surface area contributed by atoms with E-state index in [1.54, 1.807) is 6.92 Å². The van der Waals surface area contributed by atoms with E-state index in [1.807, 2.05) is 18.2 Å². The van der Waals surface area contributed by atoms with Gasteiger partial charge in [0.2, 0.25) is 5.60 Å². The fraction of sp³-hybridized carbons (Fsp3) is 0.300. The van der Waals surface area contributed by atoms with Gasteiger partial charge < -0.3 is 10.1 Å². The summed E-state index contributed by atoms with van der Waals surface area (Å²) in [6, 6.07) is 7.89. The molecule has 2 rings (SSSR count). The molecule has 0 saturated carbocycles. The minimum absolute atomic E-state index is 0. The molecule has 1 atom stereocenters. The molecule has 5 heteroatoms. The SMILES string of the molecule is CC1(C#N)CNc2cccc(Br)c2O1.Cl. The minimum Gasteiger partial charge on any atom is -0.467 e. The molecule has 1 aromatic carbocycles. The monoisotopic (exact) mass is 288 g/mol.